The minimum absolute atomic E-state index is 0.131. The van der Waals surface area contributed by atoms with Gasteiger partial charge in [-0.1, -0.05) is 30.3 Å². The fraction of sp³-hybridized carbons (Fsp3) is 0.111. The summed E-state index contributed by atoms with van der Waals surface area (Å²) in [7, 11) is 1.68. The fourth-order valence-electron chi connectivity index (χ4n) is 2.54. The molecule has 1 aromatic heterocycles. The highest BCUT2D eigenvalue weighted by Gasteiger charge is 2.11. The summed E-state index contributed by atoms with van der Waals surface area (Å²) in [6, 6.07) is 16.4. The maximum absolute atomic E-state index is 11.9. The van der Waals surface area contributed by atoms with Crippen molar-refractivity contribution in [2.75, 3.05) is 18.5 Å². The molecule has 0 aliphatic rings. The molecule has 1 heterocycles. The van der Waals surface area contributed by atoms with E-state index in [1.165, 1.54) is 6.07 Å². The maximum atomic E-state index is 11.9. The Kier molecular flexibility index (Phi) is 3.85. The maximum Gasteiger partial charge on any atom is 0.336 e. The largest absolute Gasteiger partial charge is 0.480 e. The van der Waals surface area contributed by atoms with Crippen molar-refractivity contribution in [2.45, 2.75) is 0 Å². The number of nitrogens with zero attached hydrogens (tertiary/aromatic N) is 1. The molecule has 3 aromatic rings. The zero-order chi connectivity index (χ0) is 16.4. The zero-order valence-electron chi connectivity index (χ0n) is 12.5. The predicted molar refractivity (Wildman–Crippen MR) is 88.8 cm³/mol. The SMILES string of the molecule is CN(CC(=O)O)c1ccc2c(-c3ccccc3)cc(=O)oc2c1. The molecule has 0 aliphatic carbocycles. The number of rotatable bonds is 4. The average molecular weight is 309 g/mol. The second-order valence-electron chi connectivity index (χ2n) is 5.28. The van der Waals surface area contributed by atoms with Crippen LogP contribution >= 0.6 is 0 Å². The molecule has 116 valence electrons. The van der Waals surface area contributed by atoms with Crippen LogP contribution in [0.4, 0.5) is 5.69 Å². The van der Waals surface area contributed by atoms with Crippen molar-refractivity contribution < 1.29 is 14.3 Å². The molecule has 5 heteroatoms. The van der Waals surface area contributed by atoms with Crippen molar-refractivity contribution in [1.29, 1.82) is 0 Å². The first-order chi connectivity index (χ1) is 11.0. The first-order valence-electron chi connectivity index (χ1n) is 7.11. The van der Waals surface area contributed by atoms with Crippen molar-refractivity contribution >= 4 is 22.6 Å². The number of benzene rings is 2. The van der Waals surface area contributed by atoms with E-state index in [2.05, 4.69) is 0 Å². The van der Waals surface area contributed by atoms with Crippen LogP contribution in [0.3, 0.4) is 0 Å². The summed E-state index contributed by atoms with van der Waals surface area (Å²) in [5, 5.41) is 9.69. The lowest BCUT2D eigenvalue weighted by molar-refractivity contribution is -0.135. The number of carboxylic acid groups (broad SMARTS) is 1. The molecule has 0 saturated carbocycles. The first kappa shape index (κ1) is 14.8. The minimum Gasteiger partial charge on any atom is -0.480 e. The molecule has 0 aliphatic heterocycles. The zero-order valence-corrected chi connectivity index (χ0v) is 12.5. The molecule has 2 aromatic carbocycles. The van der Waals surface area contributed by atoms with Crippen LogP contribution in [0.5, 0.6) is 0 Å². The Bertz CT molecular complexity index is 915. The Morgan fingerprint density at radius 1 is 1.13 bits per heavy atom. The van der Waals surface area contributed by atoms with Gasteiger partial charge in [0, 0.05) is 30.3 Å². The van der Waals surface area contributed by atoms with Gasteiger partial charge in [-0.05, 0) is 23.3 Å². The van der Waals surface area contributed by atoms with E-state index in [0.717, 1.165) is 16.5 Å². The van der Waals surface area contributed by atoms with Crippen molar-refractivity contribution in [3.8, 4) is 11.1 Å². The predicted octanol–water partition coefficient (Wildman–Crippen LogP) is 2.98. The van der Waals surface area contributed by atoms with Gasteiger partial charge in [-0.15, -0.1) is 0 Å². The van der Waals surface area contributed by atoms with E-state index in [0.29, 0.717) is 11.3 Å². The molecule has 0 saturated heterocycles. The molecule has 1 N–H and O–H groups in total. The van der Waals surface area contributed by atoms with Gasteiger partial charge in [0.25, 0.3) is 0 Å². The van der Waals surface area contributed by atoms with Gasteiger partial charge in [-0.2, -0.15) is 0 Å². The minimum atomic E-state index is -0.924. The smallest absolute Gasteiger partial charge is 0.336 e. The highest BCUT2D eigenvalue weighted by molar-refractivity contribution is 5.94. The lowest BCUT2D eigenvalue weighted by Crippen LogP contribution is -2.24. The Hall–Kier alpha value is -3.08. The Morgan fingerprint density at radius 2 is 1.87 bits per heavy atom. The lowest BCUT2D eigenvalue weighted by atomic mass is 10.0. The third-order valence-electron chi connectivity index (χ3n) is 3.63. The molecule has 0 unspecified atom stereocenters. The molecule has 0 radical (unpaired) electrons. The Balaban J connectivity index is 2.14. The molecule has 0 amide bonds. The van der Waals surface area contributed by atoms with Gasteiger partial charge in [-0.25, -0.2) is 4.79 Å². The number of carboxylic acids is 1. The van der Waals surface area contributed by atoms with Crippen LogP contribution in [0.15, 0.2) is 63.8 Å². The van der Waals surface area contributed by atoms with Gasteiger partial charge < -0.3 is 14.4 Å². The third-order valence-corrected chi connectivity index (χ3v) is 3.63. The van der Waals surface area contributed by atoms with Crippen LogP contribution in [-0.4, -0.2) is 24.7 Å². The standard InChI is InChI=1S/C18H15NO4/c1-19(11-17(20)21)13-7-8-14-15(12-5-3-2-4-6-12)10-18(22)23-16(14)9-13/h2-10H,11H2,1H3,(H,20,21). The number of carbonyl (C=O) groups is 1. The van der Waals surface area contributed by atoms with Gasteiger partial charge in [0.1, 0.15) is 12.1 Å². The fourth-order valence-corrected chi connectivity index (χ4v) is 2.54. The van der Waals surface area contributed by atoms with E-state index in [9.17, 15) is 9.59 Å². The van der Waals surface area contributed by atoms with Crippen LogP contribution in [-0.2, 0) is 4.79 Å². The number of fused-ring (bicyclic) bond motifs is 1. The molecule has 5 nitrogen and oxygen atoms in total. The highest BCUT2D eigenvalue weighted by Crippen LogP contribution is 2.29. The van der Waals surface area contributed by atoms with Crippen molar-refractivity contribution in [3.63, 3.8) is 0 Å². The summed E-state index contributed by atoms with van der Waals surface area (Å²) < 4.78 is 5.29. The van der Waals surface area contributed by atoms with Gasteiger partial charge in [-0.3, -0.25) is 4.79 Å². The van der Waals surface area contributed by atoms with Crippen LogP contribution < -0.4 is 10.5 Å². The Morgan fingerprint density at radius 3 is 2.57 bits per heavy atom. The van der Waals surface area contributed by atoms with Crippen LogP contribution in [0.1, 0.15) is 0 Å². The summed E-state index contributed by atoms with van der Waals surface area (Å²) in [5.74, 6) is -0.924. The van der Waals surface area contributed by atoms with Gasteiger partial charge in [0.15, 0.2) is 0 Å². The van der Waals surface area contributed by atoms with Gasteiger partial charge >= 0.3 is 11.6 Å². The number of hydrogen-bond donors (Lipinski definition) is 1. The van der Waals surface area contributed by atoms with Gasteiger partial charge in [0.2, 0.25) is 0 Å². The molecule has 0 spiro atoms. The lowest BCUT2D eigenvalue weighted by Gasteiger charge is -2.17. The van der Waals surface area contributed by atoms with Crippen molar-refractivity contribution in [2.24, 2.45) is 0 Å². The average Bonchev–Trinajstić information content (AvgIpc) is 2.53. The van der Waals surface area contributed by atoms with E-state index in [1.54, 1.807) is 18.0 Å². The quantitative estimate of drug-likeness (QED) is 0.750. The monoisotopic (exact) mass is 309 g/mol. The molecule has 0 atom stereocenters. The van der Waals surface area contributed by atoms with E-state index in [-0.39, 0.29) is 6.54 Å². The van der Waals surface area contributed by atoms with E-state index >= 15 is 0 Å². The summed E-state index contributed by atoms with van der Waals surface area (Å²) in [6.07, 6.45) is 0. The van der Waals surface area contributed by atoms with E-state index in [1.807, 2.05) is 42.5 Å². The number of aliphatic carboxylic acids is 1. The summed E-state index contributed by atoms with van der Waals surface area (Å²) in [6.45, 7) is -0.131. The number of likely N-dealkylation sites (N-methyl/N-ethyl adjacent to an activating group) is 1. The van der Waals surface area contributed by atoms with Crippen LogP contribution in [0, 0.1) is 0 Å². The number of anilines is 1. The highest BCUT2D eigenvalue weighted by atomic mass is 16.4. The first-order valence-corrected chi connectivity index (χ1v) is 7.11. The second-order valence-corrected chi connectivity index (χ2v) is 5.28. The molecular formula is C18H15NO4. The number of hydrogen-bond acceptors (Lipinski definition) is 4. The normalized spacial score (nSPS) is 10.7. The molecule has 0 bridgehead atoms. The van der Waals surface area contributed by atoms with Gasteiger partial charge in [0.05, 0.1) is 0 Å². The summed E-state index contributed by atoms with van der Waals surface area (Å²) >= 11 is 0. The van der Waals surface area contributed by atoms with Crippen molar-refractivity contribution in [1.82, 2.24) is 0 Å². The third kappa shape index (κ3) is 3.08. The second kappa shape index (κ2) is 5.96. The summed E-state index contributed by atoms with van der Waals surface area (Å²) in [5.41, 5.74) is 2.40. The molecule has 3 rings (SSSR count). The van der Waals surface area contributed by atoms with E-state index in [4.69, 9.17) is 9.52 Å². The molecule has 0 fully saturated rings. The topological polar surface area (TPSA) is 70.8 Å². The molecular weight excluding hydrogens is 294 g/mol. The van der Waals surface area contributed by atoms with Crippen LogP contribution in [0.25, 0.3) is 22.1 Å². The molecule has 23 heavy (non-hydrogen) atoms. The summed E-state index contributed by atoms with van der Waals surface area (Å²) in [4.78, 5) is 24.3. The Labute approximate surface area is 132 Å². The van der Waals surface area contributed by atoms with E-state index < -0.39 is 11.6 Å². The van der Waals surface area contributed by atoms with Crippen LogP contribution in [0.2, 0.25) is 0 Å². The van der Waals surface area contributed by atoms with Crippen molar-refractivity contribution in [3.05, 3.63) is 65.0 Å².